The van der Waals surface area contributed by atoms with Gasteiger partial charge in [-0.3, -0.25) is 4.79 Å². The minimum atomic E-state index is -0.522. The number of rotatable bonds is 6. The van der Waals surface area contributed by atoms with Gasteiger partial charge in [0.1, 0.15) is 6.20 Å². The molecule has 0 aliphatic carbocycles. The molecule has 0 saturated heterocycles. The number of ketones is 1. The van der Waals surface area contributed by atoms with Gasteiger partial charge in [0.05, 0.1) is 0 Å². The molecule has 1 aromatic carbocycles. The average Bonchev–Trinajstić information content (AvgIpc) is 3.15. The molecule has 3 rings (SSSR count). The molecule has 7 heteroatoms. The lowest BCUT2D eigenvalue weighted by Crippen LogP contribution is -2.14. The van der Waals surface area contributed by atoms with Crippen LogP contribution < -0.4 is 0 Å². The number of aromatic nitrogens is 3. The molecule has 0 amide bonds. The van der Waals surface area contributed by atoms with Gasteiger partial charge in [-0.25, -0.2) is 9.55 Å². The second-order valence-corrected chi connectivity index (χ2v) is 6.57. The number of nitrogens with zero attached hydrogens (tertiary/aromatic N) is 4. The number of carbonyl (C=O) groups excluding carboxylic acids is 1. The summed E-state index contributed by atoms with van der Waals surface area (Å²) >= 11 is 0. The Bertz CT molecular complexity index is 1010. The van der Waals surface area contributed by atoms with E-state index in [0.29, 0.717) is 11.4 Å². The summed E-state index contributed by atoms with van der Waals surface area (Å²) in [5.74, 6) is 0.0903. The van der Waals surface area contributed by atoms with E-state index in [1.54, 1.807) is 6.92 Å². The van der Waals surface area contributed by atoms with E-state index in [2.05, 4.69) is 24.0 Å². The lowest BCUT2D eigenvalue weighted by atomic mass is 10.1. The number of hydrogen-bond donors (Lipinski definition) is 0. The van der Waals surface area contributed by atoms with E-state index < -0.39 is 4.92 Å². The molecular formula is C20H22N4O3. The van der Waals surface area contributed by atoms with E-state index in [1.165, 1.54) is 16.3 Å². The molecule has 140 valence electrons. The van der Waals surface area contributed by atoms with Gasteiger partial charge < -0.3 is 14.7 Å². The van der Waals surface area contributed by atoms with E-state index in [-0.39, 0.29) is 18.1 Å². The van der Waals surface area contributed by atoms with Crippen LogP contribution in [0.15, 0.2) is 36.5 Å². The van der Waals surface area contributed by atoms with Crippen molar-refractivity contribution in [3.63, 3.8) is 0 Å². The van der Waals surface area contributed by atoms with Crippen LogP contribution in [0.5, 0.6) is 0 Å². The molecule has 7 nitrogen and oxygen atoms in total. The molecule has 0 aliphatic rings. The van der Waals surface area contributed by atoms with Crippen LogP contribution in [0.4, 0.5) is 5.82 Å². The number of imidazole rings is 1. The Hall–Kier alpha value is -3.22. The van der Waals surface area contributed by atoms with Crippen LogP contribution in [0.2, 0.25) is 0 Å². The summed E-state index contributed by atoms with van der Waals surface area (Å²) in [6.07, 6.45) is 2.15. The number of nitro groups is 1. The number of aryl methyl sites for hydroxylation is 3. The van der Waals surface area contributed by atoms with Crippen molar-refractivity contribution < 1.29 is 9.72 Å². The van der Waals surface area contributed by atoms with Crippen molar-refractivity contribution in [2.45, 2.75) is 40.7 Å². The van der Waals surface area contributed by atoms with E-state index in [9.17, 15) is 14.9 Å². The first-order valence-electron chi connectivity index (χ1n) is 8.81. The van der Waals surface area contributed by atoms with Crippen LogP contribution >= 0.6 is 0 Å². The normalized spacial score (nSPS) is 11.0. The monoisotopic (exact) mass is 366 g/mol. The first kappa shape index (κ1) is 18.6. The maximum absolute atomic E-state index is 12.9. The van der Waals surface area contributed by atoms with Gasteiger partial charge in [-0.2, -0.15) is 0 Å². The standard InChI is InChI=1S/C20H22N4O3/c1-5-16-6-8-17(9-7-16)23-13(2)10-18(14(23)3)19(25)12-22-15(4)21-11-20(22)24(26)27/h6-11H,5,12H2,1-4H3. The molecule has 0 bridgehead atoms. The van der Waals surface area contributed by atoms with Crippen LogP contribution in [0.3, 0.4) is 0 Å². The Morgan fingerprint density at radius 3 is 2.44 bits per heavy atom. The van der Waals surface area contributed by atoms with E-state index in [0.717, 1.165) is 23.5 Å². The maximum Gasteiger partial charge on any atom is 0.343 e. The van der Waals surface area contributed by atoms with Crippen LogP contribution in [0.1, 0.15) is 40.1 Å². The molecule has 0 atom stereocenters. The number of Topliss-reactive ketones (excluding diaryl/α,β-unsaturated/α-hetero) is 1. The molecule has 0 N–H and O–H groups in total. The first-order chi connectivity index (χ1) is 12.8. The van der Waals surface area contributed by atoms with Gasteiger partial charge >= 0.3 is 5.82 Å². The van der Waals surface area contributed by atoms with Crippen LogP contribution in [0.25, 0.3) is 5.69 Å². The highest BCUT2D eigenvalue weighted by Gasteiger charge is 2.24. The summed E-state index contributed by atoms with van der Waals surface area (Å²) in [6, 6.07) is 10.1. The fraction of sp³-hybridized carbons (Fsp3) is 0.300. The minimum absolute atomic E-state index is 0.110. The van der Waals surface area contributed by atoms with Crippen molar-refractivity contribution in [3.05, 3.63) is 75.0 Å². The topological polar surface area (TPSA) is 83.0 Å². The zero-order valence-corrected chi connectivity index (χ0v) is 15.9. The van der Waals surface area contributed by atoms with Gasteiger partial charge in [0.15, 0.2) is 12.4 Å². The molecule has 0 fully saturated rings. The van der Waals surface area contributed by atoms with Crippen LogP contribution in [0, 0.1) is 30.9 Å². The zero-order chi connectivity index (χ0) is 19.7. The Labute approximate surface area is 157 Å². The quantitative estimate of drug-likeness (QED) is 0.376. The largest absolute Gasteiger partial charge is 0.358 e. The highest BCUT2D eigenvalue weighted by atomic mass is 16.6. The first-order valence-corrected chi connectivity index (χ1v) is 8.81. The summed E-state index contributed by atoms with van der Waals surface area (Å²) in [4.78, 5) is 27.5. The summed E-state index contributed by atoms with van der Waals surface area (Å²) in [7, 11) is 0. The number of hydrogen-bond acceptors (Lipinski definition) is 4. The SMILES string of the molecule is CCc1ccc(-n2c(C)cc(C(=O)Cn3c([N+](=O)[O-])cnc3C)c2C)cc1. The van der Waals surface area contributed by atoms with Gasteiger partial charge in [0, 0.05) is 29.6 Å². The Morgan fingerprint density at radius 2 is 1.85 bits per heavy atom. The fourth-order valence-electron chi connectivity index (χ4n) is 3.35. The molecular weight excluding hydrogens is 344 g/mol. The molecule has 2 heterocycles. The highest BCUT2D eigenvalue weighted by Crippen LogP contribution is 2.23. The number of benzene rings is 1. The molecule has 0 spiro atoms. The van der Waals surface area contributed by atoms with Gasteiger partial charge in [0.2, 0.25) is 5.78 Å². The van der Waals surface area contributed by atoms with E-state index in [1.807, 2.05) is 36.6 Å². The van der Waals surface area contributed by atoms with Crippen molar-refractivity contribution >= 4 is 11.6 Å². The maximum atomic E-state index is 12.9. The lowest BCUT2D eigenvalue weighted by molar-refractivity contribution is -0.392. The van der Waals surface area contributed by atoms with Gasteiger partial charge in [0.25, 0.3) is 0 Å². The third-order valence-electron chi connectivity index (χ3n) is 4.86. The second-order valence-electron chi connectivity index (χ2n) is 6.57. The Morgan fingerprint density at radius 1 is 1.19 bits per heavy atom. The Balaban J connectivity index is 1.95. The predicted molar refractivity (Wildman–Crippen MR) is 103 cm³/mol. The minimum Gasteiger partial charge on any atom is -0.358 e. The van der Waals surface area contributed by atoms with Crippen molar-refractivity contribution in [1.29, 1.82) is 0 Å². The van der Waals surface area contributed by atoms with Gasteiger partial charge in [-0.1, -0.05) is 19.1 Å². The van der Waals surface area contributed by atoms with Crippen molar-refractivity contribution in [3.8, 4) is 5.69 Å². The molecule has 0 aliphatic heterocycles. The smallest absolute Gasteiger partial charge is 0.343 e. The summed E-state index contributed by atoms with van der Waals surface area (Å²) in [6.45, 7) is 7.49. The predicted octanol–water partition coefficient (Wildman–Crippen LogP) is 3.95. The van der Waals surface area contributed by atoms with Gasteiger partial charge in [-0.15, -0.1) is 0 Å². The third kappa shape index (κ3) is 3.40. The van der Waals surface area contributed by atoms with E-state index >= 15 is 0 Å². The summed E-state index contributed by atoms with van der Waals surface area (Å²) in [5, 5.41) is 11.1. The molecule has 2 aromatic heterocycles. The molecule has 3 aromatic rings. The molecule has 0 saturated carbocycles. The third-order valence-corrected chi connectivity index (χ3v) is 4.86. The second kappa shape index (κ2) is 7.19. The summed E-state index contributed by atoms with van der Waals surface area (Å²) in [5.41, 5.74) is 4.57. The molecule has 0 radical (unpaired) electrons. The molecule has 27 heavy (non-hydrogen) atoms. The van der Waals surface area contributed by atoms with Crippen LogP contribution in [-0.2, 0) is 13.0 Å². The van der Waals surface area contributed by atoms with Crippen molar-refractivity contribution in [1.82, 2.24) is 14.1 Å². The van der Waals surface area contributed by atoms with Gasteiger partial charge in [-0.05, 0) is 49.0 Å². The zero-order valence-electron chi connectivity index (χ0n) is 15.9. The fourth-order valence-corrected chi connectivity index (χ4v) is 3.35. The summed E-state index contributed by atoms with van der Waals surface area (Å²) < 4.78 is 3.37. The number of carbonyl (C=O) groups is 1. The Kier molecular flexibility index (Phi) is 4.94. The average molecular weight is 366 g/mol. The lowest BCUT2D eigenvalue weighted by Gasteiger charge is -2.10. The molecule has 0 unspecified atom stereocenters. The van der Waals surface area contributed by atoms with Crippen molar-refractivity contribution in [2.75, 3.05) is 0 Å². The van der Waals surface area contributed by atoms with Crippen molar-refractivity contribution in [2.24, 2.45) is 0 Å². The van der Waals surface area contributed by atoms with Crippen LogP contribution in [-0.4, -0.2) is 24.8 Å². The highest BCUT2D eigenvalue weighted by molar-refractivity contribution is 5.97. The van der Waals surface area contributed by atoms with E-state index in [4.69, 9.17) is 0 Å².